The van der Waals surface area contributed by atoms with E-state index in [4.69, 9.17) is 0 Å². The van der Waals surface area contributed by atoms with Crippen molar-refractivity contribution in [3.63, 3.8) is 0 Å². The van der Waals surface area contributed by atoms with Crippen LogP contribution in [0.1, 0.15) is 22.3 Å². The van der Waals surface area contributed by atoms with Crippen LogP contribution in [0.2, 0.25) is 0 Å². The Hall–Kier alpha value is -0.950. The molecule has 0 atom stereocenters. The molecule has 27 heavy (non-hydrogen) atoms. The summed E-state index contributed by atoms with van der Waals surface area (Å²) in [6, 6.07) is 21.8. The fraction of sp³-hybridized carbons (Fsp3) is 0.167. The third-order valence-corrected chi connectivity index (χ3v) is 4.23. The van der Waals surface area contributed by atoms with Gasteiger partial charge in [0.2, 0.25) is 0 Å². The van der Waals surface area contributed by atoms with E-state index in [1.807, 2.05) is 0 Å². The first-order valence-corrected chi connectivity index (χ1v) is 12.2. The minimum absolute atomic E-state index is 0. The van der Waals surface area contributed by atoms with E-state index in [0.717, 1.165) is 0 Å². The molecule has 3 heteroatoms. The van der Waals surface area contributed by atoms with Crippen molar-refractivity contribution >= 4 is 40.8 Å². The van der Waals surface area contributed by atoms with Crippen LogP contribution in [0.15, 0.2) is 60.7 Å². The normalized spacial score (nSPS) is 8.85. The summed E-state index contributed by atoms with van der Waals surface area (Å²) < 4.78 is 0. The van der Waals surface area contributed by atoms with E-state index in [2.05, 4.69) is 95.2 Å². The zero-order valence-electron chi connectivity index (χ0n) is 17.2. The third-order valence-electron chi connectivity index (χ3n) is 4.23. The predicted molar refractivity (Wildman–Crippen MR) is 124 cm³/mol. The first-order valence-electron chi connectivity index (χ1n) is 8.05. The van der Waals surface area contributed by atoms with Gasteiger partial charge in [0.15, 0.2) is 0 Å². The molecule has 0 saturated heterocycles. The van der Waals surface area contributed by atoms with Gasteiger partial charge in [-0.15, -0.1) is 81.5 Å². The predicted octanol–water partition coefficient (Wildman–Crippen LogP) is 7.29. The van der Waals surface area contributed by atoms with Crippen LogP contribution in [-0.2, 0) is 23.3 Å². The number of benzene rings is 2. The van der Waals surface area contributed by atoms with Crippen LogP contribution < -0.4 is 0 Å². The van der Waals surface area contributed by atoms with Crippen molar-refractivity contribution in [2.45, 2.75) is 27.7 Å². The minimum atomic E-state index is 0. The molecule has 2 radical (unpaired) electrons. The summed E-state index contributed by atoms with van der Waals surface area (Å²) >= 11 is 1.36. The fourth-order valence-corrected chi connectivity index (χ4v) is 3.08. The van der Waals surface area contributed by atoms with E-state index >= 15 is 0 Å². The van der Waals surface area contributed by atoms with E-state index in [1.54, 1.807) is 0 Å². The second kappa shape index (κ2) is 13.3. The van der Waals surface area contributed by atoms with Crippen molar-refractivity contribution in [2.24, 2.45) is 0 Å². The van der Waals surface area contributed by atoms with E-state index in [9.17, 15) is 0 Å². The first-order chi connectivity index (χ1) is 11.5. The van der Waals surface area contributed by atoms with Gasteiger partial charge in [-0.2, -0.15) is 12.1 Å². The van der Waals surface area contributed by atoms with Crippen LogP contribution in [0.4, 0.5) is 0 Å². The van der Waals surface area contributed by atoms with E-state index in [1.165, 1.54) is 67.1 Å². The number of fused-ring (bicyclic) bond motifs is 2. The Kier molecular flexibility index (Phi) is 13.9. The van der Waals surface area contributed by atoms with Gasteiger partial charge in [0.25, 0.3) is 0 Å². The standard InChI is InChI=1S/2C11H11.2CH3.ClH.Si.Zr/c2*1-8-6-10-5-3-4-9(2)11(10)7-8;;;;;/h2*3-7H,1-2H3;2*1H3;1H;;/q4*-1;;;. The van der Waals surface area contributed by atoms with Gasteiger partial charge in [0.1, 0.15) is 0 Å². The number of halogens is 1. The summed E-state index contributed by atoms with van der Waals surface area (Å²) in [5.74, 6) is 0. The number of rotatable bonds is 0. The molecule has 0 N–H and O–H groups in total. The second-order valence-electron chi connectivity index (χ2n) is 6.22. The molecule has 0 nitrogen and oxygen atoms in total. The summed E-state index contributed by atoms with van der Waals surface area (Å²) in [5.41, 5.74) is 5.45. The second-order valence-corrected chi connectivity index (χ2v) is 6.22. The quantitative estimate of drug-likeness (QED) is 0.186. The Balaban J connectivity index is 0. The van der Waals surface area contributed by atoms with Crippen molar-refractivity contribution < 1.29 is 23.3 Å². The van der Waals surface area contributed by atoms with E-state index in [0.29, 0.717) is 0 Å². The molecule has 0 saturated carbocycles. The van der Waals surface area contributed by atoms with Crippen molar-refractivity contribution in [1.29, 1.82) is 0 Å². The van der Waals surface area contributed by atoms with Crippen molar-refractivity contribution in [3.05, 3.63) is 97.8 Å². The number of hydrogen-bond acceptors (Lipinski definition) is 0. The zero-order chi connectivity index (χ0) is 17.7. The maximum atomic E-state index is 3.06. The van der Waals surface area contributed by atoms with Crippen molar-refractivity contribution in [2.75, 3.05) is 0 Å². The average molecular weight is 472 g/mol. The molecule has 0 unspecified atom stereocenters. The molecule has 0 aliphatic carbocycles. The monoisotopic (exact) mass is 470 g/mol. The van der Waals surface area contributed by atoms with Gasteiger partial charge in [0, 0.05) is 0 Å². The molecule has 0 heterocycles. The average Bonchev–Trinajstić information content (AvgIpc) is 3.13. The Morgan fingerprint density at radius 1 is 0.667 bits per heavy atom. The van der Waals surface area contributed by atoms with Gasteiger partial charge < -0.3 is 14.9 Å². The van der Waals surface area contributed by atoms with Crippen molar-refractivity contribution in [3.8, 4) is 0 Å². The molecule has 4 rings (SSSR count). The number of aryl methyl sites for hydroxylation is 4. The van der Waals surface area contributed by atoms with Crippen LogP contribution in [0.5, 0.6) is 0 Å². The van der Waals surface area contributed by atoms with Crippen molar-refractivity contribution in [1.82, 2.24) is 0 Å². The summed E-state index contributed by atoms with van der Waals surface area (Å²) in [6.07, 6.45) is 0. The van der Waals surface area contributed by atoms with Crippen LogP contribution in [0.25, 0.3) is 21.5 Å². The molecule has 144 valence electrons. The Morgan fingerprint density at radius 3 is 1.30 bits per heavy atom. The molecule has 0 spiro atoms. The molecule has 0 aromatic heterocycles. The molecular formula is C24H29ClSiZr-4. The molecule has 4 aromatic rings. The molecule has 4 aromatic carbocycles. The van der Waals surface area contributed by atoms with Gasteiger partial charge in [-0.3, -0.25) is 0 Å². The zero-order valence-corrected chi connectivity index (χ0v) is 21.5. The van der Waals surface area contributed by atoms with Crippen LogP contribution in [-0.4, -0.2) is 6.88 Å². The van der Waals surface area contributed by atoms with Gasteiger partial charge in [0.05, 0.1) is 0 Å². The van der Waals surface area contributed by atoms with Crippen LogP contribution in [0.3, 0.4) is 0 Å². The molecule has 0 aliphatic heterocycles. The Bertz CT molecular complexity index is 871. The topological polar surface area (TPSA) is 0 Å². The summed E-state index contributed by atoms with van der Waals surface area (Å²) in [4.78, 5) is 0. The Labute approximate surface area is 188 Å². The van der Waals surface area contributed by atoms with Gasteiger partial charge in [-0.25, -0.2) is 0 Å². The third kappa shape index (κ3) is 7.18. The van der Waals surface area contributed by atoms with Crippen LogP contribution in [0, 0.1) is 42.5 Å². The molecule has 0 aliphatic rings. The summed E-state index contributed by atoms with van der Waals surface area (Å²) in [6.45, 7) is 11.6. The van der Waals surface area contributed by atoms with Gasteiger partial charge in [-0.05, 0) is 13.8 Å². The molecule has 0 amide bonds. The number of hydrogen-bond donors (Lipinski definition) is 0. The summed E-state index contributed by atoms with van der Waals surface area (Å²) in [7, 11) is 0. The molecule has 0 fully saturated rings. The van der Waals surface area contributed by atoms with Gasteiger partial charge in [-0.1, -0.05) is 37.1 Å². The fourth-order valence-electron chi connectivity index (χ4n) is 3.08. The van der Waals surface area contributed by atoms with Crippen LogP contribution >= 0.6 is 12.4 Å². The van der Waals surface area contributed by atoms with E-state index < -0.39 is 0 Å². The first kappa shape index (κ1) is 28.3. The Morgan fingerprint density at radius 2 is 1.00 bits per heavy atom. The van der Waals surface area contributed by atoms with E-state index in [-0.39, 0.29) is 27.3 Å². The summed E-state index contributed by atoms with van der Waals surface area (Å²) in [5, 5.41) is 5.51. The molecule has 0 bridgehead atoms. The molecular weight excluding hydrogens is 443 g/mol. The maximum absolute atomic E-state index is 3.06. The SMILES string of the molecule is Cc1cc2c(C)cccc2[cH-]1.Cc1cc2c(C)cccc2[cH-]1.Cl.[CH3-].[CH3-].[Si]=[Zr]. The van der Waals surface area contributed by atoms with Gasteiger partial charge >= 0.3 is 30.2 Å².